The zero-order valence-corrected chi connectivity index (χ0v) is 7.55. The Balaban J connectivity index is 2.74. The van der Waals surface area contributed by atoms with E-state index < -0.39 is 6.67 Å². The van der Waals surface area contributed by atoms with Gasteiger partial charge in [-0.15, -0.1) is 0 Å². The number of benzene rings is 1. The van der Waals surface area contributed by atoms with Crippen LogP contribution < -0.4 is 0 Å². The van der Waals surface area contributed by atoms with Crippen molar-refractivity contribution >= 4 is 22.5 Å². The molecule has 0 aliphatic heterocycles. The maximum Gasteiger partial charge on any atom is 0.131 e. The highest BCUT2D eigenvalue weighted by Crippen LogP contribution is 2.21. The van der Waals surface area contributed by atoms with Gasteiger partial charge in [-0.25, -0.2) is 9.37 Å². The van der Waals surface area contributed by atoms with Gasteiger partial charge in [0.1, 0.15) is 6.67 Å². The molecule has 2 rings (SSSR count). The largest absolute Gasteiger partial charge is 0.248 e. The lowest BCUT2D eigenvalue weighted by atomic mass is 10.2. The Morgan fingerprint density at radius 1 is 1.23 bits per heavy atom. The predicted octanol–water partition coefficient (Wildman–Crippen LogP) is 3.36. The first kappa shape index (κ1) is 8.45. The Kier molecular flexibility index (Phi) is 2.15. The minimum Gasteiger partial charge on any atom is -0.248 e. The number of fused-ring (bicyclic) bond motifs is 1. The van der Waals surface area contributed by atoms with Crippen LogP contribution in [0.1, 0.15) is 5.69 Å². The first-order valence-electron chi connectivity index (χ1n) is 3.91. The summed E-state index contributed by atoms with van der Waals surface area (Å²) in [5.74, 6) is 0. The van der Waals surface area contributed by atoms with E-state index in [1.54, 1.807) is 12.1 Å². The second kappa shape index (κ2) is 3.30. The fourth-order valence-electron chi connectivity index (χ4n) is 1.23. The van der Waals surface area contributed by atoms with E-state index in [1.807, 2.05) is 18.2 Å². The highest BCUT2D eigenvalue weighted by molar-refractivity contribution is 6.35. The first-order valence-corrected chi connectivity index (χ1v) is 4.29. The minimum absolute atomic E-state index is 0.417. The van der Waals surface area contributed by atoms with Crippen LogP contribution in [-0.2, 0) is 6.67 Å². The third-order valence-electron chi connectivity index (χ3n) is 1.87. The summed E-state index contributed by atoms with van der Waals surface area (Å²) >= 11 is 5.90. The molecule has 0 saturated carbocycles. The molecule has 1 nitrogen and oxygen atoms in total. The van der Waals surface area contributed by atoms with Gasteiger partial charge < -0.3 is 0 Å². The fraction of sp³-hybridized carbons (Fsp3) is 0.100. The third kappa shape index (κ3) is 1.49. The van der Waals surface area contributed by atoms with E-state index in [0.29, 0.717) is 16.2 Å². The number of halogens is 2. The molecule has 66 valence electrons. The van der Waals surface area contributed by atoms with Crippen molar-refractivity contribution in [2.75, 3.05) is 0 Å². The lowest BCUT2D eigenvalue weighted by Gasteiger charge is -2.00. The van der Waals surface area contributed by atoms with Crippen molar-refractivity contribution in [2.45, 2.75) is 6.67 Å². The van der Waals surface area contributed by atoms with Gasteiger partial charge in [0.2, 0.25) is 0 Å². The second-order valence-corrected chi connectivity index (χ2v) is 3.15. The SMILES string of the molecule is FCc1ccc2cccc(Cl)c2n1. The van der Waals surface area contributed by atoms with Crippen molar-refractivity contribution in [2.24, 2.45) is 0 Å². The highest BCUT2D eigenvalue weighted by atomic mass is 35.5. The number of hydrogen-bond donors (Lipinski definition) is 0. The van der Waals surface area contributed by atoms with Crippen molar-refractivity contribution in [1.82, 2.24) is 4.98 Å². The van der Waals surface area contributed by atoms with Crippen LogP contribution in [0.15, 0.2) is 30.3 Å². The molecule has 0 aliphatic rings. The summed E-state index contributed by atoms with van der Waals surface area (Å²) < 4.78 is 12.3. The number of nitrogens with zero attached hydrogens (tertiary/aromatic N) is 1. The Hall–Kier alpha value is -1.15. The minimum atomic E-state index is -0.554. The maximum absolute atomic E-state index is 12.3. The Morgan fingerprint density at radius 2 is 2.08 bits per heavy atom. The van der Waals surface area contributed by atoms with Crippen LogP contribution in [0.2, 0.25) is 5.02 Å². The smallest absolute Gasteiger partial charge is 0.131 e. The first-order chi connectivity index (χ1) is 6.31. The zero-order valence-electron chi connectivity index (χ0n) is 6.80. The molecule has 0 saturated heterocycles. The quantitative estimate of drug-likeness (QED) is 0.680. The normalized spacial score (nSPS) is 10.6. The summed E-state index contributed by atoms with van der Waals surface area (Å²) in [5, 5.41) is 1.50. The Bertz CT molecular complexity index is 442. The maximum atomic E-state index is 12.3. The number of rotatable bonds is 1. The monoisotopic (exact) mass is 195 g/mol. The lowest BCUT2D eigenvalue weighted by molar-refractivity contribution is 0.477. The Labute approximate surface area is 80.2 Å². The van der Waals surface area contributed by atoms with Crippen molar-refractivity contribution in [3.8, 4) is 0 Å². The molecule has 0 amide bonds. The zero-order chi connectivity index (χ0) is 9.26. The van der Waals surface area contributed by atoms with Crippen molar-refractivity contribution < 1.29 is 4.39 Å². The molecule has 2 aromatic rings. The molecule has 0 aliphatic carbocycles. The van der Waals surface area contributed by atoms with Crippen LogP contribution >= 0.6 is 11.6 Å². The average Bonchev–Trinajstić information content (AvgIpc) is 2.18. The third-order valence-corrected chi connectivity index (χ3v) is 2.17. The van der Waals surface area contributed by atoms with Crippen molar-refractivity contribution in [3.05, 3.63) is 41.0 Å². The topological polar surface area (TPSA) is 12.9 Å². The summed E-state index contributed by atoms with van der Waals surface area (Å²) in [6.07, 6.45) is 0. The fourth-order valence-corrected chi connectivity index (χ4v) is 1.45. The van der Waals surface area contributed by atoms with Crippen LogP contribution in [-0.4, -0.2) is 4.98 Å². The van der Waals surface area contributed by atoms with E-state index in [1.165, 1.54) is 0 Å². The van der Waals surface area contributed by atoms with E-state index in [9.17, 15) is 4.39 Å². The number of hydrogen-bond acceptors (Lipinski definition) is 1. The standard InChI is InChI=1S/C10H7ClFN/c11-9-3-1-2-7-4-5-8(6-12)13-10(7)9/h1-5H,6H2. The molecule has 1 aromatic carbocycles. The second-order valence-electron chi connectivity index (χ2n) is 2.75. The van der Waals surface area contributed by atoms with Crippen LogP contribution in [0.5, 0.6) is 0 Å². The number of pyridine rings is 1. The van der Waals surface area contributed by atoms with E-state index in [4.69, 9.17) is 11.6 Å². The summed E-state index contributed by atoms with van der Waals surface area (Å²) in [7, 11) is 0. The lowest BCUT2D eigenvalue weighted by Crippen LogP contribution is -1.86. The van der Waals surface area contributed by atoms with Crippen LogP contribution in [0.4, 0.5) is 4.39 Å². The van der Waals surface area contributed by atoms with E-state index in [2.05, 4.69) is 4.98 Å². The van der Waals surface area contributed by atoms with Gasteiger partial charge >= 0.3 is 0 Å². The molecule has 0 spiro atoms. The summed E-state index contributed by atoms with van der Waals surface area (Å²) in [6, 6.07) is 8.98. The van der Waals surface area contributed by atoms with Gasteiger partial charge in [0, 0.05) is 5.39 Å². The highest BCUT2D eigenvalue weighted by Gasteiger charge is 2.00. The van der Waals surface area contributed by atoms with Crippen molar-refractivity contribution in [3.63, 3.8) is 0 Å². The molecule has 1 heterocycles. The average molecular weight is 196 g/mol. The summed E-state index contributed by atoms with van der Waals surface area (Å²) in [6.45, 7) is -0.554. The van der Waals surface area contributed by atoms with Gasteiger partial charge in [-0.2, -0.15) is 0 Å². The van der Waals surface area contributed by atoms with Gasteiger partial charge in [0.15, 0.2) is 0 Å². The number of aromatic nitrogens is 1. The molecule has 0 radical (unpaired) electrons. The predicted molar refractivity (Wildman–Crippen MR) is 51.6 cm³/mol. The molecular weight excluding hydrogens is 189 g/mol. The van der Waals surface area contributed by atoms with E-state index in [0.717, 1.165) is 5.39 Å². The van der Waals surface area contributed by atoms with Gasteiger partial charge in [0.25, 0.3) is 0 Å². The van der Waals surface area contributed by atoms with Crippen molar-refractivity contribution in [1.29, 1.82) is 0 Å². The van der Waals surface area contributed by atoms with Crippen LogP contribution in [0, 0.1) is 0 Å². The van der Waals surface area contributed by atoms with E-state index >= 15 is 0 Å². The Morgan fingerprint density at radius 3 is 2.85 bits per heavy atom. The number of para-hydroxylation sites is 1. The molecule has 0 N–H and O–H groups in total. The van der Waals surface area contributed by atoms with Gasteiger partial charge in [0.05, 0.1) is 16.2 Å². The molecule has 0 atom stereocenters. The molecule has 1 aromatic heterocycles. The summed E-state index contributed by atoms with van der Waals surface area (Å²) in [4.78, 5) is 4.09. The molecular formula is C10H7ClFN. The van der Waals surface area contributed by atoms with E-state index in [-0.39, 0.29) is 0 Å². The van der Waals surface area contributed by atoms with Gasteiger partial charge in [-0.1, -0.05) is 29.8 Å². The molecule has 0 unspecified atom stereocenters. The molecule has 13 heavy (non-hydrogen) atoms. The van der Waals surface area contributed by atoms with Gasteiger partial charge in [-0.05, 0) is 12.1 Å². The molecule has 3 heteroatoms. The number of alkyl halides is 1. The summed E-state index contributed by atoms with van der Waals surface area (Å²) in [5.41, 5.74) is 1.08. The van der Waals surface area contributed by atoms with Crippen LogP contribution in [0.25, 0.3) is 10.9 Å². The molecule has 0 fully saturated rings. The molecule has 0 bridgehead atoms. The van der Waals surface area contributed by atoms with Crippen LogP contribution in [0.3, 0.4) is 0 Å². The van der Waals surface area contributed by atoms with Gasteiger partial charge in [-0.3, -0.25) is 0 Å².